The number of hydrogen-bond acceptors (Lipinski definition) is 4. The van der Waals surface area contributed by atoms with E-state index in [4.69, 9.17) is 0 Å². The lowest BCUT2D eigenvalue weighted by atomic mass is 9.85. The molecule has 0 aromatic carbocycles. The van der Waals surface area contributed by atoms with Crippen LogP contribution in [0.1, 0.15) is 20.8 Å². The van der Waals surface area contributed by atoms with Gasteiger partial charge in [0.1, 0.15) is 0 Å². The van der Waals surface area contributed by atoms with Gasteiger partial charge in [-0.3, -0.25) is 0 Å². The molecular weight excluding hydrogens is 541 g/mol. The van der Waals surface area contributed by atoms with Crippen LogP contribution in [0.2, 0.25) is 0 Å². The van der Waals surface area contributed by atoms with Crippen LogP contribution in [0.4, 0.5) is 65.9 Å². The molecule has 4 nitrogen and oxygen atoms in total. The molecule has 0 amide bonds. The minimum atomic E-state index is -5.96. The Kier molecular flexibility index (Phi) is 10.7. The van der Waals surface area contributed by atoms with Gasteiger partial charge in [0.25, 0.3) is 0 Å². The maximum absolute atomic E-state index is 13.2. The topological polar surface area (TPSA) is 44.8 Å². The maximum atomic E-state index is 13.2. The number of esters is 1. The van der Waals surface area contributed by atoms with E-state index in [0.29, 0.717) is 6.08 Å². The van der Waals surface area contributed by atoms with Gasteiger partial charge in [0, 0.05) is 27.0 Å². The van der Waals surface area contributed by atoms with E-state index in [1.54, 1.807) is 0 Å². The fraction of sp³-hybridized carbons (Fsp3) is 0.812. The van der Waals surface area contributed by atoms with Gasteiger partial charge in [-0.15, -0.1) is 0 Å². The molecule has 0 radical (unpaired) electrons. The third-order valence-electron chi connectivity index (χ3n) is 3.70. The van der Waals surface area contributed by atoms with Crippen molar-refractivity contribution in [2.24, 2.45) is 0 Å². The van der Waals surface area contributed by atoms with Gasteiger partial charge in [0.05, 0.1) is 0 Å². The zero-order valence-corrected chi connectivity index (χ0v) is 17.8. The van der Waals surface area contributed by atoms with Crippen LogP contribution in [0.25, 0.3) is 0 Å². The molecule has 0 aliphatic rings. The van der Waals surface area contributed by atoms with Gasteiger partial charge in [-0.1, -0.05) is 6.58 Å². The quantitative estimate of drug-likeness (QED) is 0.166. The molecular formula is C16H17F15O4. The van der Waals surface area contributed by atoms with Crippen LogP contribution in [0.3, 0.4) is 0 Å². The molecule has 35 heavy (non-hydrogen) atoms. The molecule has 0 aliphatic carbocycles. The lowest BCUT2D eigenvalue weighted by molar-refractivity contribution is -0.479. The zero-order chi connectivity index (χ0) is 29.1. The first-order chi connectivity index (χ1) is 15.0. The number of carbonyl (C=O) groups is 1. The molecule has 0 heterocycles. The van der Waals surface area contributed by atoms with Crippen molar-refractivity contribution >= 4 is 5.97 Å². The number of hydrogen-bond donors (Lipinski definition) is 0. The Labute approximate surface area is 187 Å². The van der Waals surface area contributed by atoms with Gasteiger partial charge in [-0.2, -0.15) is 43.9 Å². The van der Waals surface area contributed by atoms with Gasteiger partial charge in [0.2, 0.25) is 5.67 Å². The predicted molar refractivity (Wildman–Crippen MR) is 84.7 cm³/mol. The van der Waals surface area contributed by atoms with Gasteiger partial charge in [-0.05, 0) is 6.92 Å². The Morgan fingerprint density at radius 2 is 1.06 bits per heavy atom. The van der Waals surface area contributed by atoms with Gasteiger partial charge < -0.3 is 9.47 Å². The van der Waals surface area contributed by atoms with Crippen LogP contribution >= 0.6 is 0 Å². The van der Waals surface area contributed by atoms with Gasteiger partial charge in [0.15, 0.2) is 6.61 Å². The molecule has 0 atom stereocenters. The minimum absolute atomic E-state index is 0.174. The predicted octanol–water partition coefficient (Wildman–Crippen LogP) is 6.45. The molecule has 210 valence electrons. The number of carbonyl (C=O) groups excluding carboxylic acids is 1. The molecule has 0 aliphatic heterocycles. The fourth-order valence-electron chi connectivity index (χ4n) is 1.63. The third-order valence-corrected chi connectivity index (χ3v) is 3.70. The first-order valence-corrected chi connectivity index (χ1v) is 8.35. The summed E-state index contributed by atoms with van der Waals surface area (Å²) in [6, 6.07) is 0. The van der Waals surface area contributed by atoms with Crippen molar-refractivity contribution in [3.63, 3.8) is 0 Å². The largest absolute Gasteiger partial charge is 0.453 e. The number of alkyl halides is 15. The summed E-state index contributed by atoms with van der Waals surface area (Å²) < 4.78 is 198. The van der Waals surface area contributed by atoms with Crippen LogP contribution in [-0.2, 0) is 19.0 Å². The standard InChI is InChI=1S/C8H9F9.C8H8F6O4/c1-4(9,7(14,15)5(2,10)11)8(16,17)6(3,12)13;1-3-5(15)17-4-6(9,10)18-8(13,14)7(11,12)16-2/h1-3H3;3H,1,4H2,2H3. The van der Waals surface area contributed by atoms with Crippen molar-refractivity contribution in [1.29, 1.82) is 0 Å². The SMILES string of the molecule is C=CC(=O)OCC(F)(F)OC(F)(F)C(F)(F)OC.CC(F)(F)C(F)(F)C(C)(F)C(F)(F)C(C)(F)F. The molecule has 0 saturated carbocycles. The Hall–Kier alpha value is -1.92. The second-order valence-corrected chi connectivity index (χ2v) is 6.72. The highest BCUT2D eigenvalue weighted by atomic mass is 19.3. The average molecular weight is 558 g/mol. The summed E-state index contributed by atoms with van der Waals surface area (Å²) >= 11 is 0. The van der Waals surface area contributed by atoms with E-state index in [9.17, 15) is 70.7 Å². The van der Waals surface area contributed by atoms with Gasteiger partial charge >= 0.3 is 48.0 Å². The monoisotopic (exact) mass is 558 g/mol. The normalized spacial score (nSPS) is 14.7. The summed E-state index contributed by atoms with van der Waals surface area (Å²) in [4.78, 5) is 10.4. The molecule has 0 aromatic rings. The smallest absolute Gasteiger partial charge is 0.452 e. The van der Waals surface area contributed by atoms with Crippen LogP contribution in [0, 0.1) is 0 Å². The number of methoxy groups -OCH3 is 1. The first-order valence-electron chi connectivity index (χ1n) is 8.35. The second-order valence-electron chi connectivity index (χ2n) is 6.72. The van der Waals surface area contributed by atoms with E-state index in [0.717, 1.165) is 0 Å². The van der Waals surface area contributed by atoms with Crippen LogP contribution < -0.4 is 0 Å². The molecule has 0 aromatic heterocycles. The number of rotatable bonds is 11. The van der Waals surface area contributed by atoms with Crippen LogP contribution in [-0.4, -0.2) is 67.4 Å². The number of halogens is 15. The first kappa shape index (κ1) is 35.2. The van der Waals surface area contributed by atoms with E-state index < -0.39 is 81.0 Å². The highest BCUT2D eigenvalue weighted by Gasteiger charge is 2.80. The van der Waals surface area contributed by atoms with Gasteiger partial charge in [-0.25, -0.2) is 31.5 Å². The summed E-state index contributed by atoms with van der Waals surface area (Å²) in [5.41, 5.74) is -5.41. The molecule has 0 bridgehead atoms. The Morgan fingerprint density at radius 1 is 0.714 bits per heavy atom. The van der Waals surface area contributed by atoms with Crippen molar-refractivity contribution in [3.05, 3.63) is 12.7 Å². The molecule has 0 fully saturated rings. The second kappa shape index (κ2) is 10.6. The van der Waals surface area contributed by atoms with Crippen molar-refractivity contribution in [2.75, 3.05) is 13.7 Å². The van der Waals surface area contributed by atoms with Crippen LogP contribution in [0.15, 0.2) is 12.7 Å². The van der Waals surface area contributed by atoms with E-state index in [1.807, 2.05) is 0 Å². The maximum Gasteiger partial charge on any atom is 0.452 e. The van der Waals surface area contributed by atoms with E-state index in [2.05, 4.69) is 20.8 Å². The highest BCUT2D eigenvalue weighted by molar-refractivity contribution is 5.81. The summed E-state index contributed by atoms with van der Waals surface area (Å²) in [7, 11) is 0.174. The average Bonchev–Trinajstić information content (AvgIpc) is 2.63. The van der Waals surface area contributed by atoms with Crippen molar-refractivity contribution in [1.82, 2.24) is 0 Å². The van der Waals surface area contributed by atoms with Crippen molar-refractivity contribution < 1.29 is 84.9 Å². The lowest BCUT2D eigenvalue weighted by Gasteiger charge is -2.40. The molecule has 0 unspecified atom stereocenters. The molecule has 19 heteroatoms. The Morgan fingerprint density at radius 3 is 1.31 bits per heavy atom. The van der Waals surface area contributed by atoms with Crippen molar-refractivity contribution in [2.45, 2.75) is 68.5 Å². The zero-order valence-electron chi connectivity index (χ0n) is 17.8. The summed E-state index contributed by atoms with van der Waals surface area (Å²) in [6.07, 6.45) is -15.2. The molecule has 0 saturated heterocycles. The highest BCUT2D eigenvalue weighted by Crippen LogP contribution is 2.55. The van der Waals surface area contributed by atoms with E-state index in [-0.39, 0.29) is 7.11 Å². The van der Waals surface area contributed by atoms with Crippen molar-refractivity contribution in [3.8, 4) is 0 Å². The third kappa shape index (κ3) is 8.04. The Bertz CT molecular complexity index is 695. The summed E-state index contributed by atoms with van der Waals surface area (Å²) in [6.45, 7) is -0.884. The Balaban J connectivity index is 0. The molecule has 0 rings (SSSR count). The number of ether oxygens (including phenoxy) is 3. The van der Waals surface area contributed by atoms with E-state index >= 15 is 0 Å². The van der Waals surface area contributed by atoms with Crippen LogP contribution in [0.5, 0.6) is 0 Å². The fourth-order valence-corrected chi connectivity index (χ4v) is 1.63. The summed E-state index contributed by atoms with van der Waals surface area (Å²) in [5.74, 6) is -23.7. The molecule has 0 spiro atoms. The molecule has 0 N–H and O–H groups in total. The summed E-state index contributed by atoms with van der Waals surface area (Å²) in [5, 5.41) is 0. The lowest BCUT2D eigenvalue weighted by Crippen LogP contribution is -2.66. The minimum Gasteiger partial charge on any atom is -0.453 e. The van der Waals surface area contributed by atoms with E-state index in [1.165, 1.54) is 0 Å².